The van der Waals surface area contributed by atoms with E-state index in [0.717, 1.165) is 43.8 Å². The molecule has 2 aromatic heterocycles. The summed E-state index contributed by atoms with van der Waals surface area (Å²) in [5.74, 6) is 1.13. The SMILES string of the molecule is N#Cc1ccc(N2C3CCC2CN(C(=O)CCNCc2cccc4ncsc24)C3)nc1. The molecule has 158 valence electrons. The zero-order valence-corrected chi connectivity index (χ0v) is 18.0. The van der Waals surface area contributed by atoms with E-state index < -0.39 is 0 Å². The largest absolute Gasteiger partial charge is 0.347 e. The van der Waals surface area contributed by atoms with E-state index in [9.17, 15) is 4.79 Å². The van der Waals surface area contributed by atoms with Crippen LogP contribution in [0.1, 0.15) is 30.4 Å². The number of aromatic nitrogens is 2. The van der Waals surface area contributed by atoms with Crippen molar-refractivity contribution >= 4 is 33.3 Å². The number of rotatable bonds is 6. The van der Waals surface area contributed by atoms with Gasteiger partial charge >= 0.3 is 0 Å². The first-order chi connectivity index (χ1) is 15.2. The fourth-order valence-electron chi connectivity index (χ4n) is 4.75. The van der Waals surface area contributed by atoms with Crippen LogP contribution in [0.15, 0.2) is 42.0 Å². The summed E-state index contributed by atoms with van der Waals surface area (Å²) in [5, 5.41) is 12.4. The third kappa shape index (κ3) is 3.99. The van der Waals surface area contributed by atoms with Gasteiger partial charge in [0.1, 0.15) is 11.9 Å². The smallest absolute Gasteiger partial charge is 0.223 e. The summed E-state index contributed by atoms with van der Waals surface area (Å²) in [7, 11) is 0. The molecule has 0 spiro atoms. The van der Waals surface area contributed by atoms with Crippen molar-refractivity contribution in [2.45, 2.75) is 37.9 Å². The summed E-state index contributed by atoms with van der Waals surface area (Å²) in [6.07, 6.45) is 4.29. The monoisotopic (exact) mass is 432 g/mol. The Bertz CT molecular complexity index is 1110. The van der Waals surface area contributed by atoms with Crippen molar-refractivity contribution in [2.24, 2.45) is 0 Å². The number of thiazole rings is 1. The molecule has 5 rings (SSSR count). The van der Waals surface area contributed by atoms with E-state index in [1.165, 1.54) is 10.3 Å². The van der Waals surface area contributed by atoms with Gasteiger partial charge in [0.15, 0.2) is 0 Å². The van der Waals surface area contributed by atoms with Crippen molar-refractivity contribution in [1.82, 2.24) is 20.2 Å². The van der Waals surface area contributed by atoms with Crippen LogP contribution < -0.4 is 10.2 Å². The van der Waals surface area contributed by atoms with E-state index in [1.807, 2.05) is 34.7 Å². The minimum Gasteiger partial charge on any atom is -0.347 e. The Hall–Kier alpha value is -3.02. The van der Waals surface area contributed by atoms with Gasteiger partial charge in [-0.25, -0.2) is 9.97 Å². The molecule has 1 aromatic carbocycles. The van der Waals surface area contributed by atoms with Crippen LogP contribution in [-0.2, 0) is 11.3 Å². The lowest BCUT2D eigenvalue weighted by atomic mass is 10.1. The predicted octanol–water partition coefficient (Wildman–Crippen LogP) is 2.92. The number of piperazine rings is 1. The standard InChI is InChI=1S/C23H24N6OS/c24-10-16-4-7-21(26-11-16)29-18-5-6-19(29)14-28(13-18)22(30)8-9-25-12-17-2-1-3-20-23(17)31-15-27-20/h1-4,7,11,15,18-19,25H,5-6,8-9,12-14H2. The summed E-state index contributed by atoms with van der Waals surface area (Å²) >= 11 is 1.66. The maximum absolute atomic E-state index is 12.8. The van der Waals surface area contributed by atoms with E-state index >= 15 is 0 Å². The van der Waals surface area contributed by atoms with Gasteiger partial charge in [0.05, 0.1) is 21.3 Å². The highest BCUT2D eigenvalue weighted by Gasteiger charge is 2.41. The molecule has 4 heterocycles. The molecule has 2 atom stereocenters. The average Bonchev–Trinajstić information content (AvgIpc) is 3.39. The minimum atomic E-state index is 0.216. The topological polar surface area (TPSA) is 85.2 Å². The molecule has 8 heteroatoms. The third-order valence-electron chi connectivity index (χ3n) is 6.25. The molecule has 2 fully saturated rings. The fraction of sp³-hybridized carbons (Fsp3) is 0.391. The Morgan fingerprint density at radius 1 is 1.19 bits per heavy atom. The first-order valence-electron chi connectivity index (χ1n) is 10.7. The average molecular weight is 433 g/mol. The lowest BCUT2D eigenvalue weighted by Crippen LogP contribution is -2.56. The lowest BCUT2D eigenvalue weighted by molar-refractivity contribution is -0.132. The van der Waals surface area contributed by atoms with Crippen LogP contribution in [0.25, 0.3) is 10.2 Å². The zero-order chi connectivity index (χ0) is 21.2. The highest BCUT2D eigenvalue weighted by Crippen LogP contribution is 2.34. The molecular formula is C23H24N6OS. The number of likely N-dealkylation sites (tertiary alicyclic amines) is 1. The van der Waals surface area contributed by atoms with Gasteiger partial charge in [-0.05, 0) is 36.6 Å². The van der Waals surface area contributed by atoms with E-state index in [4.69, 9.17) is 5.26 Å². The summed E-state index contributed by atoms with van der Waals surface area (Å²) in [5.41, 5.74) is 4.71. The van der Waals surface area contributed by atoms with Crippen LogP contribution in [0.2, 0.25) is 0 Å². The van der Waals surface area contributed by atoms with Crippen LogP contribution in [0, 0.1) is 11.3 Å². The number of pyridine rings is 1. The lowest BCUT2D eigenvalue weighted by Gasteiger charge is -2.41. The van der Waals surface area contributed by atoms with E-state index in [0.29, 0.717) is 30.6 Å². The molecule has 2 saturated heterocycles. The third-order valence-corrected chi connectivity index (χ3v) is 7.16. The number of nitrogens with one attached hydrogen (secondary N) is 1. The van der Waals surface area contributed by atoms with Crippen LogP contribution in [0.3, 0.4) is 0 Å². The molecule has 2 bridgehead atoms. The summed E-state index contributed by atoms with van der Waals surface area (Å²) in [4.78, 5) is 26.0. The summed E-state index contributed by atoms with van der Waals surface area (Å²) in [6, 6.07) is 12.6. The number of carbonyl (C=O) groups excluding carboxylic acids is 1. The summed E-state index contributed by atoms with van der Waals surface area (Å²) in [6.45, 7) is 2.91. The molecule has 0 radical (unpaired) electrons. The zero-order valence-electron chi connectivity index (χ0n) is 17.2. The summed E-state index contributed by atoms with van der Waals surface area (Å²) < 4.78 is 1.21. The molecule has 0 saturated carbocycles. The van der Waals surface area contributed by atoms with Crippen LogP contribution in [0.5, 0.6) is 0 Å². The number of benzene rings is 1. The predicted molar refractivity (Wildman–Crippen MR) is 121 cm³/mol. The second-order valence-electron chi connectivity index (χ2n) is 8.15. The maximum atomic E-state index is 12.8. The number of nitriles is 1. The first kappa shape index (κ1) is 19.9. The number of nitrogens with zero attached hydrogens (tertiary/aromatic N) is 5. The van der Waals surface area contributed by atoms with Crippen LogP contribution >= 0.6 is 11.3 Å². The number of carbonyl (C=O) groups is 1. The second-order valence-corrected chi connectivity index (χ2v) is 9.01. The van der Waals surface area contributed by atoms with Gasteiger partial charge in [0, 0.05) is 50.9 Å². The normalized spacial score (nSPS) is 20.2. The number of hydrogen-bond donors (Lipinski definition) is 1. The van der Waals surface area contributed by atoms with Crippen molar-refractivity contribution < 1.29 is 4.79 Å². The van der Waals surface area contributed by atoms with Crippen LogP contribution in [0.4, 0.5) is 5.82 Å². The molecule has 3 aromatic rings. The molecule has 1 N–H and O–H groups in total. The van der Waals surface area contributed by atoms with Gasteiger partial charge in [-0.2, -0.15) is 5.26 Å². The molecule has 0 aliphatic carbocycles. The minimum absolute atomic E-state index is 0.216. The molecular weight excluding hydrogens is 408 g/mol. The maximum Gasteiger partial charge on any atom is 0.223 e. The second kappa shape index (κ2) is 8.61. The van der Waals surface area contributed by atoms with Crippen molar-refractivity contribution in [2.75, 3.05) is 24.5 Å². The highest BCUT2D eigenvalue weighted by molar-refractivity contribution is 7.16. The molecule has 2 unspecified atom stereocenters. The number of anilines is 1. The Kier molecular flexibility index (Phi) is 5.53. The van der Waals surface area contributed by atoms with Gasteiger partial charge in [0.25, 0.3) is 0 Å². The number of fused-ring (bicyclic) bond motifs is 3. The van der Waals surface area contributed by atoms with Crippen molar-refractivity contribution in [3.63, 3.8) is 0 Å². The highest BCUT2D eigenvalue weighted by atomic mass is 32.1. The molecule has 2 aliphatic heterocycles. The molecule has 1 amide bonds. The van der Waals surface area contributed by atoms with Gasteiger partial charge in [-0.1, -0.05) is 12.1 Å². The van der Waals surface area contributed by atoms with Gasteiger partial charge < -0.3 is 15.1 Å². The Morgan fingerprint density at radius 2 is 2.03 bits per heavy atom. The van der Waals surface area contributed by atoms with Gasteiger partial charge in [0.2, 0.25) is 5.91 Å². The Morgan fingerprint density at radius 3 is 2.77 bits per heavy atom. The van der Waals surface area contributed by atoms with Crippen molar-refractivity contribution in [3.8, 4) is 6.07 Å². The number of hydrogen-bond acceptors (Lipinski definition) is 7. The molecule has 7 nitrogen and oxygen atoms in total. The van der Waals surface area contributed by atoms with E-state index in [1.54, 1.807) is 17.5 Å². The first-order valence-corrected chi connectivity index (χ1v) is 11.5. The quantitative estimate of drug-likeness (QED) is 0.603. The number of amides is 1. The van der Waals surface area contributed by atoms with E-state index in [2.05, 4.69) is 32.3 Å². The van der Waals surface area contributed by atoms with E-state index in [-0.39, 0.29) is 5.91 Å². The van der Waals surface area contributed by atoms with Crippen molar-refractivity contribution in [1.29, 1.82) is 5.26 Å². The molecule has 2 aliphatic rings. The van der Waals surface area contributed by atoms with Crippen LogP contribution in [-0.4, -0.2) is 52.5 Å². The Balaban J connectivity index is 1.14. The van der Waals surface area contributed by atoms with Gasteiger partial charge in [-0.15, -0.1) is 11.3 Å². The molecule has 31 heavy (non-hydrogen) atoms. The fourth-order valence-corrected chi connectivity index (χ4v) is 5.55. The Labute approximate surface area is 185 Å². The van der Waals surface area contributed by atoms with Gasteiger partial charge in [-0.3, -0.25) is 4.79 Å². The van der Waals surface area contributed by atoms with Crippen molar-refractivity contribution in [3.05, 3.63) is 53.2 Å².